The summed E-state index contributed by atoms with van der Waals surface area (Å²) in [7, 11) is 0. The normalized spacial score (nSPS) is 14.2. The molecule has 0 N–H and O–H groups in total. The standard InChI is InChI=1S/C22H24FN5/c1-2-28(18-8-4-3-5-9-18)21-12-13-24-22(25-21)27-16-14-26(15-17-27)20-11-7-6-10-19(20)23/h3-13H,2,14-17H2,1H3. The van der Waals surface area contributed by atoms with Gasteiger partial charge in [-0.15, -0.1) is 0 Å². The van der Waals surface area contributed by atoms with E-state index in [-0.39, 0.29) is 5.82 Å². The zero-order valence-electron chi connectivity index (χ0n) is 16.0. The largest absolute Gasteiger partial charge is 0.366 e. The molecule has 144 valence electrons. The molecule has 1 aromatic heterocycles. The maximum absolute atomic E-state index is 14.1. The summed E-state index contributed by atoms with van der Waals surface area (Å²) in [6.45, 7) is 5.93. The Hall–Kier alpha value is -3.15. The number of rotatable bonds is 5. The van der Waals surface area contributed by atoms with Crippen molar-refractivity contribution >= 4 is 23.1 Å². The minimum absolute atomic E-state index is 0.171. The van der Waals surface area contributed by atoms with E-state index in [0.717, 1.165) is 50.2 Å². The van der Waals surface area contributed by atoms with Gasteiger partial charge in [-0.1, -0.05) is 30.3 Å². The van der Waals surface area contributed by atoms with E-state index in [1.165, 1.54) is 6.07 Å². The SMILES string of the molecule is CCN(c1ccccc1)c1ccnc(N2CCN(c3ccccc3F)CC2)n1. The smallest absolute Gasteiger partial charge is 0.227 e. The average molecular weight is 377 g/mol. The summed E-state index contributed by atoms with van der Waals surface area (Å²) >= 11 is 0. The van der Waals surface area contributed by atoms with Crippen LogP contribution in [0.25, 0.3) is 0 Å². The number of hydrogen-bond donors (Lipinski definition) is 0. The molecule has 5 nitrogen and oxygen atoms in total. The van der Waals surface area contributed by atoms with Crippen molar-refractivity contribution in [2.24, 2.45) is 0 Å². The summed E-state index contributed by atoms with van der Waals surface area (Å²) in [6.07, 6.45) is 1.81. The van der Waals surface area contributed by atoms with Crippen LogP contribution in [0, 0.1) is 5.82 Å². The molecule has 0 aliphatic carbocycles. The van der Waals surface area contributed by atoms with Crippen molar-refractivity contribution < 1.29 is 4.39 Å². The molecule has 0 atom stereocenters. The molecule has 0 saturated carbocycles. The highest BCUT2D eigenvalue weighted by atomic mass is 19.1. The molecular weight excluding hydrogens is 353 g/mol. The lowest BCUT2D eigenvalue weighted by molar-refractivity contribution is 0.594. The number of aromatic nitrogens is 2. The first-order valence-electron chi connectivity index (χ1n) is 9.66. The Morgan fingerprint density at radius 2 is 1.57 bits per heavy atom. The second-order valence-electron chi connectivity index (χ2n) is 6.72. The van der Waals surface area contributed by atoms with Crippen LogP contribution in [0.5, 0.6) is 0 Å². The van der Waals surface area contributed by atoms with Crippen LogP contribution in [-0.2, 0) is 0 Å². The van der Waals surface area contributed by atoms with Gasteiger partial charge in [-0.05, 0) is 37.3 Å². The Kier molecular flexibility index (Phi) is 5.37. The van der Waals surface area contributed by atoms with Crippen LogP contribution in [0.2, 0.25) is 0 Å². The first kappa shape index (κ1) is 18.2. The molecule has 0 spiro atoms. The fourth-order valence-electron chi connectivity index (χ4n) is 3.58. The minimum Gasteiger partial charge on any atom is -0.366 e. The van der Waals surface area contributed by atoms with Gasteiger partial charge in [0.05, 0.1) is 5.69 Å². The molecule has 1 saturated heterocycles. The van der Waals surface area contributed by atoms with E-state index in [1.54, 1.807) is 6.07 Å². The maximum Gasteiger partial charge on any atom is 0.227 e. The molecular formula is C22H24FN5. The van der Waals surface area contributed by atoms with Crippen LogP contribution >= 0.6 is 0 Å². The lowest BCUT2D eigenvalue weighted by atomic mass is 10.2. The molecule has 28 heavy (non-hydrogen) atoms. The molecule has 0 radical (unpaired) electrons. The molecule has 2 aromatic carbocycles. The van der Waals surface area contributed by atoms with Crippen LogP contribution in [0.3, 0.4) is 0 Å². The summed E-state index contributed by atoms with van der Waals surface area (Å²) in [5.41, 5.74) is 1.78. The van der Waals surface area contributed by atoms with Gasteiger partial charge in [0.15, 0.2) is 0 Å². The lowest BCUT2D eigenvalue weighted by Gasteiger charge is -2.36. The van der Waals surface area contributed by atoms with Gasteiger partial charge in [0, 0.05) is 44.6 Å². The van der Waals surface area contributed by atoms with Gasteiger partial charge in [-0.2, -0.15) is 4.98 Å². The second-order valence-corrected chi connectivity index (χ2v) is 6.72. The van der Waals surface area contributed by atoms with Crippen molar-refractivity contribution in [2.45, 2.75) is 6.92 Å². The zero-order valence-corrected chi connectivity index (χ0v) is 16.0. The Bertz CT molecular complexity index is 910. The molecule has 0 bridgehead atoms. The fourth-order valence-corrected chi connectivity index (χ4v) is 3.58. The quantitative estimate of drug-likeness (QED) is 0.669. The van der Waals surface area contributed by atoms with E-state index < -0.39 is 0 Å². The van der Waals surface area contributed by atoms with Gasteiger partial charge in [-0.25, -0.2) is 9.37 Å². The molecule has 0 amide bonds. The number of nitrogens with zero attached hydrogens (tertiary/aromatic N) is 5. The van der Waals surface area contributed by atoms with Crippen molar-refractivity contribution in [3.8, 4) is 0 Å². The number of anilines is 4. The van der Waals surface area contributed by atoms with E-state index in [1.807, 2.05) is 42.6 Å². The predicted molar refractivity (Wildman–Crippen MR) is 112 cm³/mol. The second kappa shape index (κ2) is 8.25. The van der Waals surface area contributed by atoms with Crippen molar-refractivity contribution in [1.29, 1.82) is 0 Å². The first-order valence-corrected chi connectivity index (χ1v) is 9.66. The molecule has 1 fully saturated rings. The molecule has 3 aromatic rings. The van der Waals surface area contributed by atoms with Gasteiger partial charge < -0.3 is 14.7 Å². The number of piperazine rings is 1. The molecule has 2 heterocycles. The van der Waals surface area contributed by atoms with Crippen molar-refractivity contribution in [1.82, 2.24) is 9.97 Å². The van der Waals surface area contributed by atoms with Crippen LogP contribution in [0.15, 0.2) is 66.9 Å². The number of para-hydroxylation sites is 2. The topological polar surface area (TPSA) is 35.5 Å². The van der Waals surface area contributed by atoms with E-state index in [9.17, 15) is 4.39 Å². The monoisotopic (exact) mass is 377 g/mol. The highest BCUT2D eigenvalue weighted by Crippen LogP contribution is 2.25. The van der Waals surface area contributed by atoms with E-state index in [2.05, 4.69) is 38.7 Å². The van der Waals surface area contributed by atoms with Crippen molar-refractivity contribution in [3.05, 3.63) is 72.7 Å². The Balaban J connectivity index is 1.49. The summed E-state index contributed by atoms with van der Waals surface area (Å²) in [5.74, 6) is 1.44. The van der Waals surface area contributed by atoms with Crippen molar-refractivity contribution in [3.63, 3.8) is 0 Å². The first-order chi connectivity index (χ1) is 13.8. The third kappa shape index (κ3) is 3.76. The number of halogens is 1. The number of hydrogen-bond acceptors (Lipinski definition) is 5. The average Bonchev–Trinajstić information content (AvgIpc) is 2.76. The number of benzene rings is 2. The highest BCUT2D eigenvalue weighted by molar-refractivity contribution is 5.60. The third-order valence-corrected chi connectivity index (χ3v) is 5.04. The van der Waals surface area contributed by atoms with Crippen LogP contribution < -0.4 is 14.7 Å². The van der Waals surface area contributed by atoms with Gasteiger partial charge >= 0.3 is 0 Å². The summed E-state index contributed by atoms with van der Waals surface area (Å²) in [5, 5.41) is 0. The van der Waals surface area contributed by atoms with Crippen LogP contribution in [0.4, 0.5) is 27.5 Å². The summed E-state index contributed by atoms with van der Waals surface area (Å²) in [6, 6.07) is 19.1. The molecule has 0 unspecified atom stereocenters. The molecule has 1 aliphatic rings. The lowest BCUT2D eigenvalue weighted by Crippen LogP contribution is -2.47. The van der Waals surface area contributed by atoms with E-state index in [4.69, 9.17) is 4.98 Å². The molecule has 1 aliphatic heterocycles. The zero-order chi connectivity index (χ0) is 19.3. The van der Waals surface area contributed by atoms with Gasteiger partial charge in [0.25, 0.3) is 0 Å². The predicted octanol–water partition coefficient (Wildman–Crippen LogP) is 4.10. The van der Waals surface area contributed by atoms with Crippen molar-refractivity contribution in [2.75, 3.05) is 47.4 Å². The molecule has 6 heteroatoms. The minimum atomic E-state index is -0.171. The highest BCUT2D eigenvalue weighted by Gasteiger charge is 2.21. The molecule has 4 rings (SSSR count). The third-order valence-electron chi connectivity index (χ3n) is 5.04. The van der Waals surface area contributed by atoms with Crippen LogP contribution in [0.1, 0.15) is 6.92 Å². The van der Waals surface area contributed by atoms with Gasteiger partial charge in [-0.3, -0.25) is 0 Å². The van der Waals surface area contributed by atoms with Gasteiger partial charge in [0.2, 0.25) is 5.95 Å². The van der Waals surface area contributed by atoms with E-state index in [0.29, 0.717) is 5.69 Å². The fraction of sp³-hybridized carbons (Fsp3) is 0.273. The Morgan fingerprint density at radius 3 is 2.29 bits per heavy atom. The Morgan fingerprint density at radius 1 is 0.893 bits per heavy atom. The summed E-state index contributed by atoms with van der Waals surface area (Å²) in [4.78, 5) is 15.7. The van der Waals surface area contributed by atoms with E-state index >= 15 is 0 Å². The van der Waals surface area contributed by atoms with Gasteiger partial charge in [0.1, 0.15) is 11.6 Å². The Labute approximate surface area is 165 Å². The maximum atomic E-state index is 14.1. The van der Waals surface area contributed by atoms with Crippen LogP contribution in [-0.4, -0.2) is 42.7 Å². The summed E-state index contributed by atoms with van der Waals surface area (Å²) < 4.78 is 14.1.